The molecule has 2 nitrogen and oxygen atoms in total. The van der Waals surface area contributed by atoms with Crippen LogP contribution in [0.2, 0.25) is 0 Å². The normalized spacial score (nSPS) is 9.91. The summed E-state index contributed by atoms with van der Waals surface area (Å²) >= 11 is 1.47. The topological polar surface area (TPSA) is 30.0 Å². The lowest BCUT2D eigenvalue weighted by molar-refractivity contribution is 0.0975. The van der Waals surface area contributed by atoms with Gasteiger partial charge in [0.15, 0.2) is 5.78 Å². The van der Waals surface area contributed by atoms with Gasteiger partial charge in [-0.25, -0.2) is 4.98 Å². The Balaban J connectivity index is 2.43. The SMILES string of the molecule is CCCCC(=O)c1cscn1. The van der Waals surface area contributed by atoms with Crippen molar-refractivity contribution in [2.24, 2.45) is 0 Å². The van der Waals surface area contributed by atoms with Crippen molar-refractivity contribution in [3.05, 3.63) is 16.6 Å². The quantitative estimate of drug-likeness (QED) is 0.648. The molecule has 0 aliphatic heterocycles. The van der Waals surface area contributed by atoms with Gasteiger partial charge in [0.2, 0.25) is 0 Å². The first kappa shape index (κ1) is 8.40. The van der Waals surface area contributed by atoms with Crippen molar-refractivity contribution in [1.82, 2.24) is 4.98 Å². The predicted molar refractivity (Wildman–Crippen MR) is 46.0 cm³/mol. The Bertz CT molecular complexity index is 218. The molecule has 0 aromatic carbocycles. The summed E-state index contributed by atoms with van der Waals surface area (Å²) in [6.07, 6.45) is 2.67. The van der Waals surface area contributed by atoms with Gasteiger partial charge in [-0.1, -0.05) is 13.3 Å². The number of rotatable bonds is 4. The smallest absolute Gasteiger partial charge is 0.182 e. The minimum atomic E-state index is 0.174. The second-order valence-corrected chi connectivity index (χ2v) is 3.12. The van der Waals surface area contributed by atoms with Gasteiger partial charge in [-0.2, -0.15) is 0 Å². The van der Waals surface area contributed by atoms with Crippen molar-refractivity contribution < 1.29 is 4.79 Å². The Morgan fingerprint density at radius 1 is 1.73 bits per heavy atom. The van der Waals surface area contributed by atoms with E-state index in [4.69, 9.17) is 0 Å². The zero-order chi connectivity index (χ0) is 8.10. The summed E-state index contributed by atoms with van der Waals surface area (Å²) in [5, 5.41) is 1.80. The molecule has 60 valence electrons. The lowest BCUT2D eigenvalue weighted by Gasteiger charge is -1.92. The number of carbonyl (C=O) groups is 1. The molecule has 0 spiro atoms. The second-order valence-electron chi connectivity index (χ2n) is 2.40. The highest BCUT2D eigenvalue weighted by Gasteiger charge is 2.05. The molecule has 0 radical (unpaired) electrons. The number of hydrogen-bond donors (Lipinski definition) is 0. The Morgan fingerprint density at radius 2 is 2.55 bits per heavy atom. The van der Waals surface area contributed by atoms with Crippen molar-refractivity contribution >= 4 is 17.1 Å². The number of ketones is 1. The molecule has 0 amide bonds. The summed E-state index contributed by atoms with van der Waals surface area (Å²) in [5.74, 6) is 0.174. The van der Waals surface area contributed by atoms with Crippen LogP contribution in [0.15, 0.2) is 10.9 Å². The van der Waals surface area contributed by atoms with Crippen LogP contribution >= 0.6 is 11.3 Å². The van der Waals surface area contributed by atoms with Crippen molar-refractivity contribution in [2.45, 2.75) is 26.2 Å². The first-order valence-electron chi connectivity index (χ1n) is 3.76. The van der Waals surface area contributed by atoms with Crippen LogP contribution in [0.5, 0.6) is 0 Å². The summed E-state index contributed by atoms with van der Waals surface area (Å²) in [4.78, 5) is 15.1. The molecule has 0 bridgehead atoms. The van der Waals surface area contributed by atoms with E-state index in [2.05, 4.69) is 11.9 Å². The van der Waals surface area contributed by atoms with E-state index in [1.165, 1.54) is 11.3 Å². The van der Waals surface area contributed by atoms with Crippen LogP contribution < -0.4 is 0 Å². The van der Waals surface area contributed by atoms with E-state index in [1.54, 1.807) is 10.9 Å². The molecular weight excluding hydrogens is 158 g/mol. The van der Waals surface area contributed by atoms with E-state index in [-0.39, 0.29) is 5.78 Å². The third kappa shape index (κ3) is 2.42. The van der Waals surface area contributed by atoms with E-state index < -0.39 is 0 Å². The first-order chi connectivity index (χ1) is 5.34. The monoisotopic (exact) mass is 169 g/mol. The molecule has 0 aliphatic carbocycles. The van der Waals surface area contributed by atoms with Crippen molar-refractivity contribution in [3.8, 4) is 0 Å². The van der Waals surface area contributed by atoms with Crippen LogP contribution in [0.25, 0.3) is 0 Å². The Labute approximate surface area is 70.3 Å². The number of carbonyl (C=O) groups excluding carboxylic acids is 1. The predicted octanol–water partition coefficient (Wildman–Crippen LogP) is 2.52. The molecule has 0 unspecified atom stereocenters. The second kappa shape index (κ2) is 4.23. The average molecular weight is 169 g/mol. The van der Waals surface area contributed by atoms with E-state index >= 15 is 0 Å². The van der Waals surface area contributed by atoms with Gasteiger partial charge in [-0.3, -0.25) is 4.79 Å². The molecule has 0 fully saturated rings. The van der Waals surface area contributed by atoms with Crippen LogP contribution in [0.4, 0.5) is 0 Å². The third-order valence-electron chi connectivity index (χ3n) is 1.48. The minimum absolute atomic E-state index is 0.174. The van der Waals surface area contributed by atoms with Gasteiger partial charge in [-0.15, -0.1) is 11.3 Å². The molecule has 0 atom stereocenters. The van der Waals surface area contributed by atoms with Crippen LogP contribution in [0, 0.1) is 0 Å². The van der Waals surface area contributed by atoms with E-state index in [0.29, 0.717) is 12.1 Å². The number of Topliss-reactive ketones (excluding diaryl/α,β-unsaturated/α-hetero) is 1. The molecule has 0 saturated carbocycles. The molecule has 1 aromatic rings. The molecule has 0 saturated heterocycles. The van der Waals surface area contributed by atoms with Crippen molar-refractivity contribution in [2.75, 3.05) is 0 Å². The molecule has 1 aromatic heterocycles. The van der Waals surface area contributed by atoms with E-state index in [1.807, 2.05) is 0 Å². The van der Waals surface area contributed by atoms with Gasteiger partial charge < -0.3 is 0 Å². The van der Waals surface area contributed by atoms with E-state index in [0.717, 1.165) is 12.8 Å². The maximum atomic E-state index is 11.2. The zero-order valence-electron chi connectivity index (χ0n) is 6.54. The Morgan fingerprint density at radius 3 is 3.09 bits per heavy atom. The Kier molecular flexibility index (Phi) is 3.23. The van der Waals surface area contributed by atoms with Gasteiger partial charge >= 0.3 is 0 Å². The zero-order valence-corrected chi connectivity index (χ0v) is 7.36. The molecule has 1 heterocycles. The summed E-state index contributed by atoms with van der Waals surface area (Å²) in [6.45, 7) is 2.08. The lowest BCUT2D eigenvalue weighted by Crippen LogP contribution is -1.97. The number of aromatic nitrogens is 1. The Hall–Kier alpha value is -0.700. The summed E-state index contributed by atoms with van der Waals surface area (Å²) in [6, 6.07) is 0. The maximum absolute atomic E-state index is 11.2. The fraction of sp³-hybridized carbons (Fsp3) is 0.500. The fourth-order valence-corrected chi connectivity index (χ4v) is 1.37. The van der Waals surface area contributed by atoms with E-state index in [9.17, 15) is 4.79 Å². The largest absolute Gasteiger partial charge is 0.292 e. The number of nitrogens with zero attached hydrogens (tertiary/aromatic N) is 1. The van der Waals surface area contributed by atoms with Gasteiger partial charge in [0.1, 0.15) is 5.69 Å². The highest BCUT2D eigenvalue weighted by molar-refractivity contribution is 7.07. The number of unbranched alkanes of at least 4 members (excludes halogenated alkanes) is 1. The molecule has 1 rings (SSSR count). The van der Waals surface area contributed by atoms with Crippen molar-refractivity contribution in [3.63, 3.8) is 0 Å². The molecule has 0 aliphatic rings. The molecular formula is C8H11NOS. The van der Waals surface area contributed by atoms with Crippen LogP contribution in [-0.4, -0.2) is 10.8 Å². The standard InChI is InChI=1S/C8H11NOS/c1-2-3-4-8(10)7-5-11-6-9-7/h5-6H,2-4H2,1H3. The van der Waals surface area contributed by atoms with Crippen LogP contribution in [-0.2, 0) is 0 Å². The van der Waals surface area contributed by atoms with Crippen molar-refractivity contribution in [1.29, 1.82) is 0 Å². The van der Waals surface area contributed by atoms with Crippen LogP contribution in [0.1, 0.15) is 36.7 Å². The summed E-state index contributed by atoms with van der Waals surface area (Å²) in [5.41, 5.74) is 2.32. The third-order valence-corrected chi connectivity index (χ3v) is 2.06. The molecule has 11 heavy (non-hydrogen) atoms. The molecule has 3 heteroatoms. The maximum Gasteiger partial charge on any atom is 0.182 e. The number of hydrogen-bond acceptors (Lipinski definition) is 3. The van der Waals surface area contributed by atoms with Gasteiger partial charge in [0.05, 0.1) is 5.51 Å². The first-order valence-corrected chi connectivity index (χ1v) is 4.70. The number of thiazole rings is 1. The molecule has 0 N–H and O–H groups in total. The average Bonchev–Trinajstić information content (AvgIpc) is 2.52. The van der Waals surface area contributed by atoms with Gasteiger partial charge in [-0.05, 0) is 6.42 Å². The fourth-order valence-electron chi connectivity index (χ4n) is 0.816. The highest BCUT2D eigenvalue weighted by atomic mass is 32.1. The minimum Gasteiger partial charge on any atom is -0.292 e. The van der Waals surface area contributed by atoms with Crippen LogP contribution in [0.3, 0.4) is 0 Å². The summed E-state index contributed by atoms with van der Waals surface area (Å²) in [7, 11) is 0. The summed E-state index contributed by atoms with van der Waals surface area (Å²) < 4.78 is 0. The van der Waals surface area contributed by atoms with Gasteiger partial charge in [0, 0.05) is 11.8 Å². The highest BCUT2D eigenvalue weighted by Crippen LogP contribution is 2.06. The lowest BCUT2D eigenvalue weighted by atomic mass is 10.1. The van der Waals surface area contributed by atoms with Gasteiger partial charge in [0.25, 0.3) is 0 Å².